The molecular weight excluding hydrogens is 311 g/mol. The lowest BCUT2D eigenvalue weighted by Gasteiger charge is -2.10. The number of rotatable bonds is 4. The van der Waals surface area contributed by atoms with Gasteiger partial charge in [0, 0.05) is 11.3 Å². The van der Waals surface area contributed by atoms with E-state index in [1.165, 1.54) is 24.3 Å². The van der Waals surface area contributed by atoms with Crippen LogP contribution in [-0.4, -0.2) is 13.4 Å². The van der Waals surface area contributed by atoms with Crippen molar-refractivity contribution in [2.45, 2.75) is 11.8 Å². The zero-order valence-electron chi connectivity index (χ0n) is 11.1. The maximum atomic E-state index is 13.5. The van der Waals surface area contributed by atoms with Crippen LogP contribution in [0.1, 0.15) is 11.1 Å². The Morgan fingerprint density at radius 3 is 2.38 bits per heavy atom. The normalized spacial score (nSPS) is 11.1. The zero-order chi connectivity index (χ0) is 15.6. The molecular formula is C14H13FN2O2S2. The average molecular weight is 324 g/mol. The van der Waals surface area contributed by atoms with Crippen molar-refractivity contribution >= 4 is 32.9 Å². The first kappa shape index (κ1) is 15.4. The van der Waals surface area contributed by atoms with Gasteiger partial charge in [-0.15, -0.1) is 0 Å². The fraction of sp³-hybridized carbons (Fsp3) is 0.0714. The zero-order valence-corrected chi connectivity index (χ0v) is 12.8. The Balaban J connectivity index is 2.35. The predicted octanol–water partition coefficient (Wildman–Crippen LogP) is 2.57. The van der Waals surface area contributed by atoms with E-state index in [4.69, 9.17) is 18.0 Å². The summed E-state index contributed by atoms with van der Waals surface area (Å²) >= 11 is 4.72. The molecule has 0 fully saturated rings. The summed E-state index contributed by atoms with van der Waals surface area (Å²) in [6.07, 6.45) is 0. The largest absolute Gasteiger partial charge is 0.389 e. The summed E-state index contributed by atoms with van der Waals surface area (Å²) in [7, 11) is -3.74. The van der Waals surface area contributed by atoms with Gasteiger partial charge in [0.15, 0.2) is 0 Å². The van der Waals surface area contributed by atoms with E-state index in [1.807, 2.05) is 6.92 Å². The Hall–Kier alpha value is -1.99. The number of anilines is 1. The third-order valence-electron chi connectivity index (χ3n) is 2.82. The molecule has 0 amide bonds. The second-order valence-electron chi connectivity index (χ2n) is 4.48. The fourth-order valence-corrected chi connectivity index (χ4v) is 2.92. The molecule has 0 bridgehead atoms. The van der Waals surface area contributed by atoms with Crippen LogP contribution in [0, 0.1) is 12.7 Å². The molecule has 3 N–H and O–H groups in total. The number of hydrogen-bond donors (Lipinski definition) is 2. The molecule has 0 aliphatic rings. The van der Waals surface area contributed by atoms with Crippen molar-refractivity contribution in [2.75, 3.05) is 4.72 Å². The van der Waals surface area contributed by atoms with Gasteiger partial charge in [-0.3, -0.25) is 4.72 Å². The van der Waals surface area contributed by atoms with E-state index in [-0.39, 0.29) is 21.1 Å². The monoisotopic (exact) mass is 324 g/mol. The van der Waals surface area contributed by atoms with Crippen molar-refractivity contribution in [2.24, 2.45) is 5.73 Å². The third-order valence-corrected chi connectivity index (χ3v) is 4.43. The van der Waals surface area contributed by atoms with Gasteiger partial charge in [0.2, 0.25) is 0 Å². The van der Waals surface area contributed by atoms with Crippen LogP contribution in [-0.2, 0) is 10.0 Å². The Morgan fingerprint density at radius 1 is 1.19 bits per heavy atom. The van der Waals surface area contributed by atoms with Crippen LogP contribution < -0.4 is 10.5 Å². The molecule has 0 saturated carbocycles. The highest BCUT2D eigenvalue weighted by Gasteiger charge is 2.15. The summed E-state index contributed by atoms with van der Waals surface area (Å²) in [6.45, 7) is 1.86. The van der Waals surface area contributed by atoms with Gasteiger partial charge in [-0.25, -0.2) is 12.8 Å². The minimum atomic E-state index is -3.74. The van der Waals surface area contributed by atoms with E-state index in [0.29, 0.717) is 0 Å². The molecule has 21 heavy (non-hydrogen) atoms. The van der Waals surface area contributed by atoms with E-state index in [9.17, 15) is 12.8 Å². The van der Waals surface area contributed by atoms with Gasteiger partial charge in [0.25, 0.3) is 10.0 Å². The summed E-state index contributed by atoms with van der Waals surface area (Å²) in [4.78, 5) is -0.0156. The van der Waals surface area contributed by atoms with E-state index in [2.05, 4.69) is 4.72 Å². The van der Waals surface area contributed by atoms with Crippen LogP contribution in [0.4, 0.5) is 10.1 Å². The number of thiocarbonyl (C=S) groups is 1. The van der Waals surface area contributed by atoms with Crippen molar-refractivity contribution in [1.29, 1.82) is 0 Å². The summed E-state index contributed by atoms with van der Waals surface area (Å²) in [5, 5.41) is 0. The number of halogens is 1. The van der Waals surface area contributed by atoms with Gasteiger partial charge in [-0.1, -0.05) is 29.9 Å². The molecule has 0 radical (unpaired) electrons. The highest BCUT2D eigenvalue weighted by atomic mass is 32.2. The summed E-state index contributed by atoms with van der Waals surface area (Å²) < 4.78 is 40.3. The SMILES string of the molecule is Cc1ccc(S(=O)(=O)Nc2ccc(F)c(C(N)=S)c2)cc1. The van der Waals surface area contributed by atoms with Crippen LogP contribution in [0.25, 0.3) is 0 Å². The minimum absolute atomic E-state index is 0.00546. The Bertz CT molecular complexity index is 787. The van der Waals surface area contributed by atoms with Crippen LogP contribution in [0.3, 0.4) is 0 Å². The first-order chi connectivity index (χ1) is 9.79. The van der Waals surface area contributed by atoms with Crippen molar-refractivity contribution in [3.63, 3.8) is 0 Å². The van der Waals surface area contributed by atoms with Gasteiger partial charge in [-0.05, 0) is 37.3 Å². The third kappa shape index (κ3) is 3.56. The predicted molar refractivity (Wildman–Crippen MR) is 84.3 cm³/mol. The Labute approximate surface area is 127 Å². The molecule has 0 spiro atoms. The van der Waals surface area contributed by atoms with Crippen LogP contribution in [0.15, 0.2) is 47.4 Å². The molecule has 0 aromatic heterocycles. The highest BCUT2D eigenvalue weighted by molar-refractivity contribution is 7.92. The molecule has 2 rings (SSSR count). The van der Waals surface area contributed by atoms with Gasteiger partial charge >= 0.3 is 0 Å². The summed E-state index contributed by atoms with van der Waals surface area (Å²) in [5.41, 5.74) is 6.53. The molecule has 0 atom stereocenters. The molecule has 0 aliphatic heterocycles. The summed E-state index contributed by atoms with van der Waals surface area (Å²) in [6, 6.07) is 10.1. The highest BCUT2D eigenvalue weighted by Crippen LogP contribution is 2.19. The molecule has 0 aliphatic carbocycles. The number of sulfonamides is 1. The molecule has 2 aromatic rings. The van der Waals surface area contributed by atoms with Gasteiger partial charge in [0.05, 0.1) is 4.90 Å². The van der Waals surface area contributed by atoms with Crippen LogP contribution >= 0.6 is 12.2 Å². The second-order valence-corrected chi connectivity index (χ2v) is 6.60. The topological polar surface area (TPSA) is 72.2 Å². The number of hydrogen-bond acceptors (Lipinski definition) is 3. The first-order valence-electron chi connectivity index (χ1n) is 5.98. The van der Waals surface area contributed by atoms with Crippen molar-refractivity contribution in [3.05, 3.63) is 59.4 Å². The molecule has 7 heteroatoms. The number of aryl methyl sites for hydroxylation is 1. The lowest BCUT2D eigenvalue weighted by Crippen LogP contribution is -2.15. The lowest BCUT2D eigenvalue weighted by atomic mass is 10.2. The van der Waals surface area contributed by atoms with E-state index in [1.54, 1.807) is 12.1 Å². The number of benzene rings is 2. The van der Waals surface area contributed by atoms with E-state index >= 15 is 0 Å². The quantitative estimate of drug-likeness (QED) is 0.848. The molecule has 110 valence electrons. The molecule has 4 nitrogen and oxygen atoms in total. The van der Waals surface area contributed by atoms with Gasteiger partial charge in [0.1, 0.15) is 10.8 Å². The van der Waals surface area contributed by atoms with Gasteiger partial charge in [-0.2, -0.15) is 0 Å². The molecule has 0 unspecified atom stereocenters. The standard InChI is InChI=1S/C14H13FN2O2S2/c1-9-2-5-11(6-3-9)21(18,19)17-10-4-7-13(15)12(8-10)14(16)20/h2-8,17H,1H3,(H2,16,20). The van der Waals surface area contributed by atoms with Crippen LogP contribution in [0.5, 0.6) is 0 Å². The average Bonchev–Trinajstić information content (AvgIpc) is 2.41. The first-order valence-corrected chi connectivity index (χ1v) is 7.87. The number of nitrogens with one attached hydrogen (secondary N) is 1. The Morgan fingerprint density at radius 2 is 1.81 bits per heavy atom. The maximum Gasteiger partial charge on any atom is 0.261 e. The Kier molecular flexibility index (Phi) is 4.24. The molecule has 0 saturated heterocycles. The fourth-order valence-electron chi connectivity index (χ4n) is 1.71. The van der Waals surface area contributed by atoms with Crippen molar-refractivity contribution in [1.82, 2.24) is 0 Å². The molecule has 0 heterocycles. The number of nitrogens with two attached hydrogens (primary N) is 1. The van der Waals surface area contributed by atoms with Crippen molar-refractivity contribution < 1.29 is 12.8 Å². The van der Waals surface area contributed by atoms with Gasteiger partial charge < -0.3 is 5.73 Å². The van der Waals surface area contributed by atoms with E-state index < -0.39 is 15.8 Å². The smallest absolute Gasteiger partial charge is 0.261 e. The summed E-state index contributed by atoms with van der Waals surface area (Å²) in [5.74, 6) is -0.596. The molecule has 2 aromatic carbocycles. The minimum Gasteiger partial charge on any atom is -0.389 e. The van der Waals surface area contributed by atoms with Crippen LogP contribution in [0.2, 0.25) is 0 Å². The van der Waals surface area contributed by atoms with E-state index in [0.717, 1.165) is 11.6 Å². The second kappa shape index (κ2) is 5.79. The maximum absolute atomic E-state index is 13.5. The lowest BCUT2D eigenvalue weighted by molar-refractivity contribution is 0.601. The van der Waals surface area contributed by atoms with Crippen molar-refractivity contribution in [3.8, 4) is 0 Å².